The van der Waals surface area contributed by atoms with Crippen molar-refractivity contribution in [2.75, 3.05) is 6.61 Å². The summed E-state index contributed by atoms with van der Waals surface area (Å²) in [6, 6.07) is 0. The molecule has 1 N–H and O–H groups in total. The summed E-state index contributed by atoms with van der Waals surface area (Å²) < 4.78 is 18.0. The highest BCUT2D eigenvalue weighted by Crippen LogP contribution is 2.40. The summed E-state index contributed by atoms with van der Waals surface area (Å²) >= 11 is 0. The van der Waals surface area contributed by atoms with Crippen molar-refractivity contribution < 1.29 is 14.0 Å². The lowest BCUT2D eigenvalue weighted by Crippen LogP contribution is -2.41. The molecular weight excluding hydrogens is 255 g/mol. The zero-order chi connectivity index (χ0) is 14.4. The summed E-state index contributed by atoms with van der Waals surface area (Å²) in [5, 5.41) is 6.79. The molecule has 1 fully saturated rings. The van der Waals surface area contributed by atoms with E-state index in [9.17, 15) is 0 Å². The summed E-state index contributed by atoms with van der Waals surface area (Å²) in [6.07, 6.45) is 6.50. The molecule has 0 radical (unpaired) electrons. The van der Waals surface area contributed by atoms with Gasteiger partial charge in [-0.05, 0) is 39.6 Å². The van der Waals surface area contributed by atoms with E-state index in [0.717, 1.165) is 17.5 Å². The van der Waals surface area contributed by atoms with E-state index < -0.39 is 0 Å². The van der Waals surface area contributed by atoms with Crippen LogP contribution in [0.25, 0.3) is 0 Å². The molecule has 108 valence electrons. The summed E-state index contributed by atoms with van der Waals surface area (Å²) in [7, 11) is -0.279. The van der Waals surface area contributed by atoms with Crippen LogP contribution in [0.4, 0.5) is 0 Å². The number of nitrogens with zero attached hydrogens (tertiary/aromatic N) is 1. The van der Waals surface area contributed by atoms with Crippen LogP contribution < -0.4 is 0 Å². The molecule has 1 aromatic heterocycles. The lowest BCUT2D eigenvalue weighted by atomic mass is 9.74. The number of aromatic nitrogens is 2. The fourth-order valence-electron chi connectivity index (χ4n) is 2.43. The smallest absolute Gasteiger partial charge is 0.400 e. The van der Waals surface area contributed by atoms with E-state index in [2.05, 4.69) is 44.0 Å². The molecule has 0 aromatic carbocycles. The van der Waals surface area contributed by atoms with Crippen LogP contribution in [0, 0.1) is 0 Å². The maximum Gasteiger partial charge on any atom is 0.490 e. The van der Waals surface area contributed by atoms with Gasteiger partial charge in [-0.3, -0.25) is 5.10 Å². The van der Waals surface area contributed by atoms with Crippen molar-refractivity contribution in [3.05, 3.63) is 29.5 Å². The van der Waals surface area contributed by atoms with E-state index in [4.69, 9.17) is 14.0 Å². The molecule has 1 saturated heterocycles. The van der Waals surface area contributed by atoms with Crippen molar-refractivity contribution >= 4 is 7.12 Å². The third-order valence-electron chi connectivity index (χ3n) is 4.46. The first kappa shape index (κ1) is 13.9. The first-order chi connectivity index (χ1) is 9.39. The lowest BCUT2D eigenvalue weighted by Gasteiger charge is -2.32. The second kappa shape index (κ2) is 4.72. The van der Waals surface area contributed by atoms with Crippen LogP contribution in [0.5, 0.6) is 0 Å². The van der Waals surface area contributed by atoms with Gasteiger partial charge in [-0.1, -0.05) is 6.08 Å². The second-order valence-electron chi connectivity index (χ2n) is 6.40. The second-order valence-corrected chi connectivity index (χ2v) is 6.40. The van der Waals surface area contributed by atoms with Gasteiger partial charge in [0.15, 0.2) is 0 Å². The van der Waals surface area contributed by atoms with Crippen molar-refractivity contribution in [1.82, 2.24) is 10.2 Å². The minimum absolute atomic E-state index is 0.0727. The van der Waals surface area contributed by atoms with Crippen molar-refractivity contribution in [3.8, 4) is 0 Å². The van der Waals surface area contributed by atoms with Crippen LogP contribution in [0.3, 0.4) is 0 Å². The molecule has 0 bridgehead atoms. The standard InChI is InChI=1S/C14H21BN2O3/c1-13(2)14(3,4)20-15(19-13)11-5-6-18-12(7-11)10-8-16-17-9-10/h7-9,12H,5-6H2,1-4H3,(H,16,17). The number of ether oxygens (including phenoxy) is 1. The maximum atomic E-state index is 6.10. The molecular formula is C14H21BN2O3. The van der Waals surface area contributed by atoms with E-state index in [0.29, 0.717) is 6.61 Å². The molecule has 2 aliphatic rings. The number of hydrogen-bond donors (Lipinski definition) is 1. The number of rotatable bonds is 2. The summed E-state index contributed by atoms with van der Waals surface area (Å²) in [4.78, 5) is 0. The van der Waals surface area contributed by atoms with E-state index in [-0.39, 0.29) is 24.4 Å². The number of aromatic amines is 1. The largest absolute Gasteiger partial charge is 0.490 e. The monoisotopic (exact) mass is 276 g/mol. The van der Waals surface area contributed by atoms with Crippen LogP contribution >= 0.6 is 0 Å². The number of nitrogens with one attached hydrogen (secondary N) is 1. The average Bonchev–Trinajstić information content (AvgIpc) is 2.97. The summed E-state index contributed by atoms with van der Waals surface area (Å²) in [5.41, 5.74) is 1.57. The van der Waals surface area contributed by atoms with E-state index in [1.54, 1.807) is 6.20 Å². The molecule has 0 saturated carbocycles. The molecule has 0 amide bonds. The first-order valence-corrected chi connectivity index (χ1v) is 7.05. The maximum absolute atomic E-state index is 6.10. The van der Waals surface area contributed by atoms with Gasteiger partial charge in [0.05, 0.1) is 24.0 Å². The molecule has 20 heavy (non-hydrogen) atoms. The molecule has 6 heteroatoms. The highest BCUT2D eigenvalue weighted by molar-refractivity contribution is 6.54. The lowest BCUT2D eigenvalue weighted by molar-refractivity contribution is 0.00578. The zero-order valence-electron chi connectivity index (χ0n) is 12.5. The quantitative estimate of drug-likeness (QED) is 0.843. The Bertz CT molecular complexity index is 494. The van der Waals surface area contributed by atoms with Crippen molar-refractivity contribution in [2.45, 2.75) is 51.4 Å². The van der Waals surface area contributed by atoms with Crippen LogP contribution in [-0.2, 0) is 14.0 Å². The third kappa shape index (κ3) is 2.32. The van der Waals surface area contributed by atoms with Crippen molar-refractivity contribution in [3.63, 3.8) is 0 Å². The van der Waals surface area contributed by atoms with Crippen LogP contribution in [0.15, 0.2) is 23.9 Å². The van der Waals surface area contributed by atoms with Gasteiger partial charge in [-0.2, -0.15) is 5.10 Å². The Kier molecular flexibility index (Phi) is 3.27. The van der Waals surface area contributed by atoms with Gasteiger partial charge in [0.25, 0.3) is 0 Å². The van der Waals surface area contributed by atoms with Gasteiger partial charge in [-0.15, -0.1) is 0 Å². The van der Waals surface area contributed by atoms with E-state index >= 15 is 0 Å². The van der Waals surface area contributed by atoms with Gasteiger partial charge in [0, 0.05) is 11.8 Å². The Morgan fingerprint density at radius 1 is 1.25 bits per heavy atom. The molecule has 1 atom stereocenters. The number of H-pyrrole nitrogens is 1. The Morgan fingerprint density at radius 2 is 1.95 bits per heavy atom. The van der Waals surface area contributed by atoms with Gasteiger partial charge in [-0.25, -0.2) is 0 Å². The van der Waals surface area contributed by atoms with Crippen LogP contribution in [-0.4, -0.2) is 35.1 Å². The molecule has 0 aliphatic carbocycles. The Hall–Kier alpha value is -1.11. The first-order valence-electron chi connectivity index (χ1n) is 7.05. The fourth-order valence-corrected chi connectivity index (χ4v) is 2.43. The molecule has 1 aromatic rings. The Morgan fingerprint density at radius 3 is 2.55 bits per heavy atom. The van der Waals surface area contributed by atoms with Gasteiger partial charge in [0.1, 0.15) is 6.10 Å². The molecule has 1 unspecified atom stereocenters. The molecule has 0 spiro atoms. The van der Waals surface area contributed by atoms with Gasteiger partial charge >= 0.3 is 7.12 Å². The van der Waals surface area contributed by atoms with Crippen molar-refractivity contribution in [2.24, 2.45) is 0 Å². The molecule has 5 nitrogen and oxygen atoms in total. The minimum atomic E-state index is -0.304. The van der Waals surface area contributed by atoms with E-state index in [1.165, 1.54) is 0 Å². The highest BCUT2D eigenvalue weighted by atomic mass is 16.7. The highest BCUT2D eigenvalue weighted by Gasteiger charge is 2.52. The predicted octanol–water partition coefficient (Wildman–Crippen LogP) is 2.43. The average molecular weight is 276 g/mol. The van der Waals surface area contributed by atoms with Crippen LogP contribution in [0.1, 0.15) is 45.8 Å². The van der Waals surface area contributed by atoms with Gasteiger partial charge < -0.3 is 14.0 Å². The zero-order valence-corrected chi connectivity index (χ0v) is 12.5. The topological polar surface area (TPSA) is 56.4 Å². The van der Waals surface area contributed by atoms with Gasteiger partial charge in [0.2, 0.25) is 0 Å². The predicted molar refractivity (Wildman–Crippen MR) is 76.1 cm³/mol. The molecule has 2 aliphatic heterocycles. The summed E-state index contributed by atoms with van der Waals surface area (Å²) in [6.45, 7) is 8.95. The fraction of sp³-hybridized carbons (Fsp3) is 0.643. The number of hydrogen-bond acceptors (Lipinski definition) is 4. The summed E-state index contributed by atoms with van der Waals surface area (Å²) in [5.74, 6) is 0. The normalized spacial score (nSPS) is 28.5. The molecule has 3 rings (SSSR count). The minimum Gasteiger partial charge on any atom is -0.400 e. The SMILES string of the molecule is CC1(C)OB(C2=CC(c3cn[nH]c3)OCC2)OC1(C)C. The molecule has 3 heterocycles. The van der Waals surface area contributed by atoms with E-state index in [1.807, 2.05) is 6.20 Å². The van der Waals surface area contributed by atoms with Crippen molar-refractivity contribution in [1.29, 1.82) is 0 Å². The Balaban J connectivity index is 1.81. The Labute approximate surface area is 119 Å². The van der Waals surface area contributed by atoms with Crippen LogP contribution in [0.2, 0.25) is 0 Å². The third-order valence-corrected chi connectivity index (χ3v) is 4.46.